The van der Waals surface area contributed by atoms with Gasteiger partial charge >= 0.3 is 0 Å². The zero-order chi connectivity index (χ0) is 20.3. The van der Waals surface area contributed by atoms with Crippen molar-refractivity contribution in [3.63, 3.8) is 0 Å². The fourth-order valence-corrected chi connectivity index (χ4v) is 3.16. The Labute approximate surface area is 161 Å². The molecule has 3 aromatic rings. The molecule has 0 unspecified atom stereocenters. The maximum Gasteiger partial charge on any atom is 0.277 e. The highest BCUT2D eigenvalue weighted by molar-refractivity contribution is 5.87. The summed E-state index contributed by atoms with van der Waals surface area (Å²) in [7, 11) is 6.08. The smallest absolute Gasteiger partial charge is 0.277 e. The summed E-state index contributed by atoms with van der Waals surface area (Å²) in [6, 6.07) is 8.64. The molecule has 1 heterocycles. The van der Waals surface area contributed by atoms with Crippen molar-refractivity contribution in [3.05, 3.63) is 57.9 Å². The fraction of sp³-hybridized carbons (Fsp3) is 0.250. The number of nitro groups is 1. The lowest BCUT2D eigenvalue weighted by molar-refractivity contribution is -0.391. The van der Waals surface area contributed by atoms with E-state index < -0.39 is 4.92 Å². The van der Waals surface area contributed by atoms with Gasteiger partial charge in [-0.1, -0.05) is 0 Å². The topological polar surface area (TPSA) is 94.2 Å². The minimum atomic E-state index is -0.425. The van der Waals surface area contributed by atoms with Gasteiger partial charge in [0.1, 0.15) is 0 Å². The second-order valence-corrected chi connectivity index (χ2v) is 6.02. The van der Waals surface area contributed by atoms with Crippen LogP contribution < -0.4 is 23.9 Å². The maximum atomic E-state index is 11.6. The van der Waals surface area contributed by atoms with Gasteiger partial charge in [-0.25, -0.2) is 4.98 Å². The number of fused-ring (bicyclic) bond motifs is 1. The lowest BCUT2D eigenvalue weighted by Crippen LogP contribution is -2.12. The van der Waals surface area contributed by atoms with Crippen molar-refractivity contribution >= 4 is 16.5 Å². The van der Waals surface area contributed by atoms with Crippen LogP contribution in [0.5, 0.6) is 23.0 Å². The van der Waals surface area contributed by atoms with Crippen molar-refractivity contribution in [2.45, 2.75) is 6.42 Å². The van der Waals surface area contributed by atoms with Crippen LogP contribution in [0.1, 0.15) is 11.3 Å². The number of methoxy groups -OCH3 is 4. The van der Waals surface area contributed by atoms with E-state index >= 15 is 0 Å². The predicted molar refractivity (Wildman–Crippen MR) is 103 cm³/mol. The molecule has 1 N–H and O–H groups in total. The van der Waals surface area contributed by atoms with Gasteiger partial charge in [0.25, 0.3) is 5.69 Å². The molecule has 2 aromatic carbocycles. The van der Waals surface area contributed by atoms with Gasteiger partial charge in [0.2, 0.25) is 0 Å². The van der Waals surface area contributed by atoms with E-state index in [9.17, 15) is 10.1 Å². The zero-order valence-electron chi connectivity index (χ0n) is 16.1. The Bertz CT molecular complexity index is 1030. The maximum absolute atomic E-state index is 11.6. The molecule has 0 amide bonds. The van der Waals surface area contributed by atoms with Crippen LogP contribution in [0.3, 0.4) is 0 Å². The molecule has 0 radical (unpaired) electrons. The van der Waals surface area contributed by atoms with Gasteiger partial charge in [0, 0.05) is 11.6 Å². The molecular formula is C20H21N2O6+. The number of pyridine rings is 1. The summed E-state index contributed by atoms with van der Waals surface area (Å²) in [6.07, 6.45) is 2.08. The Hall–Kier alpha value is -3.55. The number of aromatic amines is 1. The molecule has 0 saturated heterocycles. The summed E-state index contributed by atoms with van der Waals surface area (Å²) < 4.78 is 21.2. The third-order valence-electron chi connectivity index (χ3n) is 4.55. The third-order valence-corrected chi connectivity index (χ3v) is 4.55. The van der Waals surface area contributed by atoms with E-state index in [1.807, 2.05) is 18.2 Å². The van der Waals surface area contributed by atoms with Crippen LogP contribution in [0.25, 0.3) is 10.8 Å². The largest absolute Gasteiger partial charge is 0.493 e. The first-order valence-electron chi connectivity index (χ1n) is 8.47. The molecule has 8 heteroatoms. The second-order valence-electron chi connectivity index (χ2n) is 6.02. The van der Waals surface area contributed by atoms with Crippen LogP contribution in [-0.2, 0) is 6.42 Å². The van der Waals surface area contributed by atoms with Crippen molar-refractivity contribution in [2.75, 3.05) is 28.4 Å². The lowest BCUT2D eigenvalue weighted by atomic mass is 10.0. The number of hydrogen-bond donors (Lipinski definition) is 0. The summed E-state index contributed by atoms with van der Waals surface area (Å²) in [5, 5.41) is 13.4. The molecule has 8 nitrogen and oxygen atoms in total. The van der Waals surface area contributed by atoms with E-state index in [2.05, 4.69) is 4.98 Å². The molecule has 1 aromatic heterocycles. The van der Waals surface area contributed by atoms with Gasteiger partial charge in [0.05, 0.1) is 51.2 Å². The van der Waals surface area contributed by atoms with E-state index in [0.717, 1.165) is 16.5 Å². The first kappa shape index (κ1) is 19.2. The van der Waals surface area contributed by atoms with E-state index in [-0.39, 0.29) is 5.69 Å². The van der Waals surface area contributed by atoms with Crippen molar-refractivity contribution in [1.82, 2.24) is 0 Å². The van der Waals surface area contributed by atoms with Crippen LogP contribution in [-0.4, -0.2) is 33.4 Å². The summed E-state index contributed by atoms with van der Waals surface area (Å²) in [6.45, 7) is 0. The minimum absolute atomic E-state index is 0.0384. The molecule has 28 heavy (non-hydrogen) atoms. The Morgan fingerprint density at radius 1 is 0.893 bits per heavy atom. The number of ether oxygens (including phenoxy) is 4. The van der Waals surface area contributed by atoms with Crippen LogP contribution in [0.2, 0.25) is 0 Å². The normalized spacial score (nSPS) is 10.6. The number of benzene rings is 2. The highest BCUT2D eigenvalue weighted by Crippen LogP contribution is 2.37. The highest BCUT2D eigenvalue weighted by Gasteiger charge is 2.23. The molecule has 146 valence electrons. The first-order chi connectivity index (χ1) is 13.5. The Balaban J connectivity index is 2.16. The van der Waals surface area contributed by atoms with Gasteiger partial charge in [-0.05, 0) is 23.6 Å². The third kappa shape index (κ3) is 3.48. The van der Waals surface area contributed by atoms with Crippen molar-refractivity contribution in [3.8, 4) is 23.0 Å². The standard InChI is InChI=1S/C20H20N2O6/c1-25-17-8-12-5-6-21-15(14(12)10-19(17)27-3)7-13-9-18(26-2)20(28-4)11-16(13)22(23)24/h5-6,8-11H,7H2,1-4H3/p+1. The Kier molecular flexibility index (Phi) is 5.49. The Morgan fingerprint density at radius 3 is 2.07 bits per heavy atom. The van der Waals surface area contributed by atoms with Gasteiger partial charge in [0.15, 0.2) is 34.9 Å². The van der Waals surface area contributed by atoms with Crippen molar-refractivity contribution < 1.29 is 28.9 Å². The lowest BCUT2D eigenvalue weighted by Gasteiger charge is -2.11. The number of nitrogens with zero attached hydrogens (tertiary/aromatic N) is 1. The second kappa shape index (κ2) is 7.99. The number of aromatic nitrogens is 1. The van der Waals surface area contributed by atoms with E-state index in [4.69, 9.17) is 18.9 Å². The quantitative estimate of drug-likeness (QED) is 0.458. The monoisotopic (exact) mass is 385 g/mol. The van der Waals surface area contributed by atoms with Crippen LogP contribution >= 0.6 is 0 Å². The van der Waals surface area contributed by atoms with Gasteiger partial charge < -0.3 is 18.9 Å². The van der Waals surface area contributed by atoms with Gasteiger partial charge in [-0.3, -0.25) is 10.1 Å². The summed E-state index contributed by atoms with van der Waals surface area (Å²) in [4.78, 5) is 14.4. The number of nitro benzene ring substituents is 1. The molecule has 0 saturated carbocycles. The Morgan fingerprint density at radius 2 is 1.46 bits per heavy atom. The molecule has 0 aliphatic heterocycles. The number of nitrogens with one attached hydrogen (secondary N) is 1. The van der Waals surface area contributed by atoms with Gasteiger partial charge in [-0.15, -0.1) is 0 Å². The number of hydrogen-bond acceptors (Lipinski definition) is 6. The molecule has 3 rings (SSSR count). The van der Waals surface area contributed by atoms with Gasteiger partial charge in [-0.2, -0.15) is 0 Å². The molecule has 0 bridgehead atoms. The summed E-state index contributed by atoms with van der Waals surface area (Å²) in [5.41, 5.74) is 1.26. The minimum Gasteiger partial charge on any atom is -0.493 e. The first-order valence-corrected chi connectivity index (χ1v) is 8.47. The van der Waals surface area contributed by atoms with Crippen molar-refractivity contribution in [2.24, 2.45) is 0 Å². The molecule has 0 atom stereocenters. The highest BCUT2D eigenvalue weighted by atomic mass is 16.6. The molecular weight excluding hydrogens is 364 g/mol. The number of rotatable bonds is 7. The van der Waals surface area contributed by atoms with Crippen LogP contribution in [0.15, 0.2) is 36.5 Å². The molecule has 0 aliphatic carbocycles. The average Bonchev–Trinajstić information content (AvgIpc) is 2.72. The van der Waals surface area contributed by atoms with Crippen LogP contribution in [0, 0.1) is 10.1 Å². The molecule has 0 aliphatic rings. The zero-order valence-corrected chi connectivity index (χ0v) is 16.1. The SMILES string of the molecule is COc1cc(Cc2[nH+]ccc3cc(OC)c(OC)cc23)c([N+](=O)[O-])cc1OC. The van der Waals surface area contributed by atoms with E-state index in [1.54, 1.807) is 26.5 Å². The molecule has 0 fully saturated rings. The fourth-order valence-electron chi connectivity index (χ4n) is 3.16. The number of H-pyrrole nitrogens is 1. The average molecular weight is 385 g/mol. The van der Waals surface area contributed by atoms with Crippen molar-refractivity contribution in [1.29, 1.82) is 0 Å². The molecule has 0 spiro atoms. The predicted octanol–water partition coefficient (Wildman–Crippen LogP) is 3.19. The van der Waals surface area contributed by atoms with E-state index in [1.165, 1.54) is 20.3 Å². The summed E-state index contributed by atoms with van der Waals surface area (Å²) in [5.74, 6) is 1.94. The van der Waals surface area contributed by atoms with E-state index in [0.29, 0.717) is 35.0 Å². The van der Waals surface area contributed by atoms with Crippen LogP contribution in [0.4, 0.5) is 5.69 Å². The summed E-state index contributed by atoms with van der Waals surface area (Å²) >= 11 is 0.